The third-order valence-corrected chi connectivity index (χ3v) is 5.52. The van der Waals surface area contributed by atoms with Gasteiger partial charge in [0.05, 0.1) is 0 Å². The zero-order valence-corrected chi connectivity index (χ0v) is 15.6. The molecule has 1 aromatic carbocycles. The highest BCUT2D eigenvalue weighted by Crippen LogP contribution is 2.16. The monoisotopic (exact) mass is 360 g/mol. The van der Waals surface area contributed by atoms with Crippen LogP contribution in [0.15, 0.2) is 29.4 Å². The number of amides is 1. The fourth-order valence-electron chi connectivity index (χ4n) is 2.92. The Morgan fingerprint density at radius 1 is 1.20 bits per heavy atom. The molecule has 25 heavy (non-hydrogen) atoms. The first-order chi connectivity index (χ1) is 12.1. The second-order valence-corrected chi connectivity index (χ2v) is 7.33. The number of benzene rings is 1. The van der Waals surface area contributed by atoms with Gasteiger partial charge in [0.25, 0.3) is 0 Å². The number of carbonyl (C=O) groups excluding carboxylic acids is 1. The molecule has 134 valence electrons. The van der Waals surface area contributed by atoms with Crippen LogP contribution in [-0.4, -0.2) is 67.8 Å². The van der Waals surface area contributed by atoms with Crippen molar-refractivity contribution in [2.45, 2.75) is 25.0 Å². The van der Waals surface area contributed by atoms with E-state index in [-0.39, 0.29) is 5.91 Å². The Kier molecular flexibility index (Phi) is 6.04. The summed E-state index contributed by atoms with van der Waals surface area (Å²) in [5, 5.41) is 12.0. The molecular weight excluding hydrogens is 336 g/mol. The van der Waals surface area contributed by atoms with Gasteiger partial charge in [-0.3, -0.25) is 9.69 Å². The highest BCUT2D eigenvalue weighted by Gasteiger charge is 2.21. The first kappa shape index (κ1) is 17.9. The number of aromatic nitrogens is 4. The zero-order chi connectivity index (χ0) is 17.6. The van der Waals surface area contributed by atoms with Crippen LogP contribution in [0.3, 0.4) is 0 Å². The molecule has 0 aliphatic carbocycles. The number of hydrogen-bond acceptors (Lipinski definition) is 6. The van der Waals surface area contributed by atoms with E-state index < -0.39 is 0 Å². The van der Waals surface area contributed by atoms with Crippen molar-refractivity contribution in [1.82, 2.24) is 30.0 Å². The second-order valence-electron chi connectivity index (χ2n) is 6.27. The van der Waals surface area contributed by atoms with Gasteiger partial charge in [-0.2, -0.15) is 0 Å². The van der Waals surface area contributed by atoms with Crippen molar-refractivity contribution >= 4 is 17.7 Å². The average Bonchev–Trinajstić information content (AvgIpc) is 3.02. The van der Waals surface area contributed by atoms with E-state index in [9.17, 15) is 4.79 Å². The summed E-state index contributed by atoms with van der Waals surface area (Å²) >= 11 is 1.52. The summed E-state index contributed by atoms with van der Waals surface area (Å²) in [4.78, 5) is 16.8. The van der Waals surface area contributed by atoms with Crippen molar-refractivity contribution in [1.29, 1.82) is 0 Å². The van der Waals surface area contributed by atoms with E-state index in [1.807, 2.05) is 4.90 Å². The molecule has 0 spiro atoms. The molecule has 1 aliphatic rings. The molecule has 1 aliphatic heterocycles. The third kappa shape index (κ3) is 4.79. The minimum atomic E-state index is 0.221. The van der Waals surface area contributed by atoms with Gasteiger partial charge < -0.3 is 4.90 Å². The molecule has 0 unspecified atom stereocenters. The Hall–Kier alpha value is -1.93. The molecule has 7 nitrogen and oxygen atoms in total. The van der Waals surface area contributed by atoms with Crippen LogP contribution in [0.2, 0.25) is 0 Å². The van der Waals surface area contributed by atoms with Gasteiger partial charge in [0.1, 0.15) is 0 Å². The quantitative estimate of drug-likeness (QED) is 0.725. The van der Waals surface area contributed by atoms with Crippen LogP contribution in [0.5, 0.6) is 0 Å². The number of carbonyl (C=O) groups is 1. The van der Waals surface area contributed by atoms with E-state index in [0.717, 1.165) is 37.9 Å². The van der Waals surface area contributed by atoms with E-state index in [1.165, 1.54) is 22.9 Å². The Balaban J connectivity index is 1.40. The SMILES string of the molecule is Cc1ccccc1CN1CCN(C(=O)CCSc2nnnn2C)CC1. The molecule has 2 aromatic rings. The Morgan fingerprint density at radius 2 is 1.96 bits per heavy atom. The number of aryl methyl sites for hydroxylation is 2. The first-order valence-electron chi connectivity index (χ1n) is 8.53. The standard InChI is InChI=1S/C17H24N6OS/c1-14-5-3-4-6-15(14)13-22-8-10-23(11-9-22)16(24)7-12-25-17-18-19-20-21(17)2/h3-6H,7-13H2,1-2H3. The number of piperazine rings is 1. The molecule has 1 amide bonds. The minimum Gasteiger partial charge on any atom is -0.340 e. The molecule has 0 saturated carbocycles. The van der Waals surface area contributed by atoms with Gasteiger partial charge in [-0.25, -0.2) is 4.68 Å². The fraction of sp³-hybridized carbons (Fsp3) is 0.529. The maximum Gasteiger partial charge on any atom is 0.223 e. The van der Waals surface area contributed by atoms with Crippen LogP contribution < -0.4 is 0 Å². The predicted molar refractivity (Wildman–Crippen MR) is 97.2 cm³/mol. The summed E-state index contributed by atoms with van der Waals surface area (Å²) in [6.07, 6.45) is 0.523. The lowest BCUT2D eigenvalue weighted by molar-refractivity contribution is -0.132. The van der Waals surface area contributed by atoms with Crippen molar-refractivity contribution in [3.63, 3.8) is 0 Å². The van der Waals surface area contributed by atoms with Crippen LogP contribution in [0.4, 0.5) is 0 Å². The molecule has 1 aromatic heterocycles. The lowest BCUT2D eigenvalue weighted by Crippen LogP contribution is -2.48. The normalized spacial score (nSPS) is 15.5. The van der Waals surface area contributed by atoms with E-state index in [2.05, 4.69) is 51.6 Å². The Labute approximate surface area is 152 Å². The van der Waals surface area contributed by atoms with E-state index in [1.54, 1.807) is 11.7 Å². The summed E-state index contributed by atoms with van der Waals surface area (Å²) in [5.74, 6) is 0.925. The maximum atomic E-state index is 12.4. The molecule has 0 bridgehead atoms. The summed E-state index contributed by atoms with van der Waals surface area (Å²) < 4.78 is 1.62. The topological polar surface area (TPSA) is 67.2 Å². The molecular formula is C17H24N6OS. The number of nitrogens with zero attached hydrogens (tertiary/aromatic N) is 6. The summed E-state index contributed by atoms with van der Waals surface area (Å²) in [5.41, 5.74) is 2.70. The van der Waals surface area contributed by atoms with E-state index in [4.69, 9.17) is 0 Å². The summed E-state index contributed by atoms with van der Waals surface area (Å²) in [7, 11) is 1.80. The molecule has 8 heteroatoms. The van der Waals surface area contributed by atoms with Crippen molar-refractivity contribution in [3.8, 4) is 0 Å². The van der Waals surface area contributed by atoms with Crippen molar-refractivity contribution in [3.05, 3.63) is 35.4 Å². The van der Waals surface area contributed by atoms with Gasteiger partial charge in [-0.05, 0) is 28.5 Å². The average molecular weight is 360 g/mol. The first-order valence-corrected chi connectivity index (χ1v) is 9.52. The van der Waals surface area contributed by atoms with Crippen LogP contribution in [0.25, 0.3) is 0 Å². The second kappa shape index (κ2) is 8.44. The predicted octanol–water partition coefficient (Wildman–Crippen LogP) is 1.35. The van der Waals surface area contributed by atoms with E-state index in [0.29, 0.717) is 12.2 Å². The molecule has 1 fully saturated rings. The zero-order valence-electron chi connectivity index (χ0n) is 14.8. The van der Waals surface area contributed by atoms with Gasteiger partial charge in [-0.1, -0.05) is 36.0 Å². The molecule has 0 N–H and O–H groups in total. The molecule has 2 heterocycles. The lowest BCUT2D eigenvalue weighted by atomic mass is 10.1. The maximum absolute atomic E-state index is 12.4. The highest BCUT2D eigenvalue weighted by molar-refractivity contribution is 7.99. The van der Waals surface area contributed by atoms with Crippen LogP contribution >= 0.6 is 11.8 Å². The highest BCUT2D eigenvalue weighted by atomic mass is 32.2. The Bertz CT molecular complexity index is 711. The fourth-order valence-corrected chi connectivity index (χ4v) is 3.69. The number of tetrazole rings is 1. The van der Waals surface area contributed by atoms with Gasteiger partial charge in [0.15, 0.2) is 0 Å². The molecule has 1 saturated heterocycles. The lowest BCUT2D eigenvalue weighted by Gasteiger charge is -2.35. The number of thioether (sulfide) groups is 1. The molecule has 0 atom stereocenters. The summed E-state index contributed by atoms with van der Waals surface area (Å²) in [6.45, 7) is 6.59. The number of hydrogen-bond donors (Lipinski definition) is 0. The minimum absolute atomic E-state index is 0.221. The van der Waals surface area contributed by atoms with Crippen molar-refractivity contribution < 1.29 is 4.79 Å². The third-order valence-electron chi connectivity index (χ3n) is 4.51. The van der Waals surface area contributed by atoms with Crippen LogP contribution in [0.1, 0.15) is 17.5 Å². The van der Waals surface area contributed by atoms with Crippen molar-refractivity contribution in [2.24, 2.45) is 7.05 Å². The van der Waals surface area contributed by atoms with Crippen LogP contribution in [0, 0.1) is 6.92 Å². The number of rotatable bonds is 6. The van der Waals surface area contributed by atoms with Crippen LogP contribution in [-0.2, 0) is 18.4 Å². The van der Waals surface area contributed by atoms with Gasteiger partial charge >= 0.3 is 0 Å². The Morgan fingerprint density at radius 3 is 2.64 bits per heavy atom. The molecule has 0 radical (unpaired) electrons. The van der Waals surface area contributed by atoms with Gasteiger partial charge in [-0.15, -0.1) is 5.10 Å². The summed E-state index contributed by atoms with van der Waals surface area (Å²) in [6, 6.07) is 8.50. The molecule has 3 rings (SSSR count). The van der Waals surface area contributed by atoms with Gasteiger partial charge in [0.2, 0.25) is 11.1 Å². The smallest absolute Gasteiger partial charge is 0.223 e. The van der Waals surface area contributed by atoms with E-state index >= 15 is 0 Å². The van der Waals surface area contributed by atoms with Crippen molar-refractivity contribution in [2.75, 3.05) is 31.9 Å². The largest absolute Gasteiger partial charge is 0.340 e. The van der Waals surface area contributed by atoms with Gasteiger partial charge in [0, 0.05) is 51.9 Å².